The molecule has 0 unspecified atom stereocenters. The molecule has 0 saturated carbocycles. The van der Waals surface area contributed by atoms with Gasteiger partial charge < -0.3 is 10.2 Å². The molecule has 0 aliphatic carbocycles. The predicted octanol–water partition coefficient (Wildman–Crippen LogP) is 1.00. The van der Waals surface area contributed by atoms with Gasteiger partial charge in [0, 0.05) is 46.2 Å². The maximum atomic E-state index is 11.9. The van der Waals surface area contributed by atoms with Crippen molar-refractivity contribution < 1.29 is 4.79 Å². The summed E-state index contributed by atoms with van der Waals surface area (Å²) in [5.41, 5.74) is 3.75. The Kier molecular flexibility index (Phi) is 3.53. The van der Waals surface area contributed by atoms with Crippen LogP contribution in [-0.4, -0.2) is 44.0 Å². The Morgan fingerprint density at radius 1 is 1.21 bits per heavy atom. The lowest BCUT2D eigenvalue weighted by atomic mass is 9.97. The van der Waals surface area contributed by atoms with E-state index in [-0.39, 0.29) is 5.91 Å². The minimum Gasteiger partial charge on any atom is -0.315 e. The van der Waals surface area contributed by atoms with E-state index in [0.29, 0.717) is 6.42 Å². The van der Waals surface area contributed by atoms with Gasteiger partial charge in [-0.15, -0.1) is 0 Å². The number of nitrogens with zero attached hydrogens (tertiary/aromatic N) is 2. The highest BCUT2D eigenvalue weighted by molar-refractivity contribution is 5.96. The van der Waals surface area contributed by atoms with Gasteiger partial charge in [0.2, 0.25) is 5.91 Å². The quantitative estimate of drug-likeness (QED) is 0.860. The minimum atomic E-state index is 0.236. The van der Waals surface area contributed by atoms with E-state index in [1.165, 1.54) is 11.1 Å². The summed E-state index contributed by atoms with van der Waals surface area (Å²) in [4.78, 5) is 16.2. The molecule has 1 aromatic carbocycles. The number of carbonyl (C=O) groups is 1. The van der Waals surface area contributed by atoms with Crippen LogP contribution in [0.4, 0.5) is 5.69 Å². The maximum Gasteiger partial charge on any atom is 0.227 e. The minimum absolute atomic E-state index is 0.236. The first kappa shape index (κ1) is 12.6. The molecule has 0 radical (unpaired) electrons. The lowest BCUT2D eigenvalue weighted by Crippen LogP contribution is -2.43. The number of carbonyl (C=O) groups excluding carboxylic acids is 1. The monoisotopic (exact) mass is 259 g/mol. The predicted molar refractivity (Wildman–Crippen MR) is 76.3 cm³/mol. The number of fused-ring (bicyclic) bond motifs is 1. The van der Waals surface area contributed by atoms with Crippen LogP contribution < -0.4 is 10.2 Å². The third-order valence-corrected chi connectivity index (χ3v) is 4.12. The van der Waals surface area contributed by atoms with Crippen LogP contribution in [0.2, 0.25) is 0 Å². The summed E-state index contributed by atoms with van der Waals surface area (Å²) < 4.78 is 0. The summed E-state index contributed by atoms with van der Waals surface area (Å²) >= 11 is 0. The molecule has 2 aliphatic rings. The Balaban J connectivity index is 1.87. The fourth-order valence-corrected chi connectivity index (χ4v) is 3.05. The van der Waals surface area contributed by atoms with Crippen LogP contribution in [0, 0.1) is 0 Å². The molecule has 4 nitrogen and oxygen atoms in total. The van der Waals surface area contributed by atoms with Gasteiger partial charge in [-0.25, -0.2) is 0 Å². The van der Waals surface area contributed by atoms with Crippen molar-refractivity contribution in [3.8, 4) is 0 Å². The molecule has 1 N–H and O–H groups in total. The van der Waals surface area contributed by atoms with Crippen LogP contribution in [0.1, 0.15) is 17.5 Å². The van der Waals surface area contributed by atoms with Crippen LogP contribution >= 0.6 is 0 Å². The highest BCUT2D eigenvalue weighted by Crippen LogP contribution is 2.31. The van der Waals surface area contributed by atoms with Crippen molar-refractivity contribution >= 4 is 11.6 Å². The second-order valence-corrected chi connectivity index (χ2v) is 5.40. The number of amides is 1. The molecule has 1 saturated heterocycles. The van der Waals surface area contributed by atoms with Gasteiger partial charge in [-0.05, 0) is 17.5 Å². The Hall–Kier alpha value is -1.39. The number of para-hydroxylation sites is 1. The zero-order valence-electron chi connectivity index (χ0n) is 11.5. The Morgan fingerprint density at radius 2 is 2.00 bits per heavy atom. The number of hydrogen-bond acceptors (Lipinski definition) is 3. The van der Waals surface area contributed by atoms with E-state index in [4.69, 9.17) is 0 Å². The van der Waals surface area contributed by atoms with Gasteiger partial charge in [0.25, 0.3) is 0 Å². The first-order chi connectivity index (χ1) is 9.25. The zero-order valence-corrected chi connectivity index (χ0v) is 11.5. The fourth-order valence-electron chi connectivity index (χ4n) is 3.05. The molecule has 0 spiro atoms. The Bertz CT molecular complexity index is 480. The molecule has 0 bridgehead atoms. The molecule has 0 atom stereocenters. The Morgan fingerprint density at radius 3 is 2.79 bits per heavy atom. The van der Waals surface area contributed by atoms with Gasteiger partial charge in [0.15, 0.2) is 0 Å². The van der Waals surface area contributed by atoms with Crippen molar-refractivity contribution in [2.24, 2.45) is 0 Å². The number of rotatable bonds is 2. The van der Waals surface area contributed by atoms with Gasteiger partial charge in [-0.1, -0.05) is 18.2 Å². The molecule has 1 fully saturated rings. The van der Waals surface area contributed by atoms with E-state index in [0.717, 1.165) is 44.8 Å². The standard InChI is InChI=1S/C15H21N3O/c1-17-14(19)6-5-12-3-2-4-13(15(12)17)11-18-9-7-16-8-10-18/h2-4,16H,5-11H2,1H3. The Labute approximate surface area is 114 Å². The van der Waals surface area contributed by atoms with Gasteiger partial charge in [0.05, 0.1) is 5.69 Å². The fraction of sp³-hybridized carbons (Fsp3) is 0.533. The van der Waals surface area contributed by atoms with Gasteiger partial charge >= 0.3 is 0 Å². The molecule has 1 aromatic rings. The number of aryl methyl sites for hydroxylation is 1. The van der Waals surface area contributed by atoms with Crippen molar-refractivity contribution in [3.63, 3.8) is 0 Å². The molecule has 19 heavy (non-hydrogen) atoms. The summed E-state index contributed by atoms with van der Waals surface area (Å²) in [5, 5.41) is 3.37. The molecular weight excluding hydrogens is 238 g/mol. The largest absolute Gasteiger partial charge is 0.315 e. The van der Waals surface area contributed by atoms with E-state index in [2.05, 4.69) is 28.4 Å². The third kappa shape index (κ3) is 2.51. The van der Waals surface area contributed by atoms with E-state index in [1.54, 1.807) is 0 Å². The number of hydrogen-bond donors (Lipinski definition) is 1. The zero-order chi connectivity index (χ0) is 13.2. The van der Waals surface area contributed by atoms with Gasteiger partial charge in [0.1, 0.15) is 0 Å². The first-order valence-corrected chi connectivity index (χ1v) is 7.06. The van der Waals surface area contributed by atoms with E-state index in [9.17, 15) is 4.79 Å². The van der Waals surface area contributed by atoms with Crippen molar-refractivity contribution in [3.05, 3.63) is 29.3 Å². The lowest BCUT2D eigenvalue weighted by Gasteiger charge is -2.32. The average molecular weight is 259 g/mol. The SMILES string of the molecule is CN1C(=O)CCc2cccc(CN3CCNCC3)c21. The summed E-state index contributed by atoms with van der Waals surface area (Å²) in [5.74, 6) is 0.236. The second kappa shape index (κ2) is 5.31. The van der Waals surface area contributed by atoms with E-state index in [1.807, 2.05) is 11.9 Å². The van der Waals surface area contributed by atoms with Crippen molar-refractivity contribution in [2.75, 3.05) is 38.1 Å². The topological polar surface area (TPSA) is 35.6 Å². The van der Waals surface area contributed by atoms with E-state index >= 15 is 0 Å². The third-order valence-electron chi connectivity index (χ3n) is 4.12. The number of anilines is 1. The van der Waals surface area contributed by atoms with Crippen LogP contribution in [0.3, 0.4) is 0 Å². The highest BCUT2D eigenvalue weighted by atomic mass is 16.2. The van der Waals surface area contributed by atoms with Crippen LogP contribution in [0.5, 0.6) is 0 Å². The summed E-state index contributed by atoms with van der Waals surface area (Å²) in [7, 11) is 1.90. The molecule has 102 valence electrons. The van der Waals surface area contributed by atoms with Crippen molar-refractivity contribution in [1.29, 1.82) is 0 Å². The molecule has 1 amide bonds. The van der Waals surface area contributed by atoms with Crippen molar-refractivity contribution in [1.82, 2.24) is 10.2 Å². The normalized spacial score (nSPS) is 20.5. The second-order valence-electron chi connectivity index (χ2n) is 5.40. The van der Waals surface area contributed by atoms with Gasteiger partial charge in [-0.2, -0.15) is 0 Å². The summed E-state index contributed by atoms with van der Waals surface area (Å²) in [6.07, 6.45) is 1.52. The molecule has 3 rings (SSSR count). The molecule has 2 aliphatic heterocycles. The van der Waals surface area contributed by atoms with Crippen LogP contribution in [-0.2, 0) is 17.8 Å². The van der Waals surface area contributed by atoms with Crippen LogP contribution in [0.25, 0.3) is 0 Å². The lowest BCUT2D eigenvalue weighted by molar-refractivity contribution is -0.118. The maximum absolute atomic E-state index is 11.9. The van der Waals surface area contributed by atoms with Crippen molar-refractivity contribution in [2.45, 2.75) is 19.4 Å². The molecule has 0 aromatic heterocycles. The average Bonchev–Trinajstić information content (AvgIpc) is 2.44. The molecule has 2 heterocycles. The first-order valence-electron chi connectivity index (χ1n) is 7.06. The summed E-state index contributed by atoms with van der Waals surface area (Å²) in [6.45, 7) is 5.23. The highest BCUT2D eigenvalue weighted by Gasteiger charge is 2.24. The van der Waals surface area contributed by atoms with Gasteiger partial charge in [-0.3, -0.25) is 9.69 Å². The smallest absolute Gasteiger partial charge is 0.227 e. The number of piperazine rings is 1. The molecule has 4 heteroatoms. The number of nitrogens with one attached hydrogen (secondary N) is 1. The summed E-state index contributed by atoms with van der Waals surface area (Å²) in [6, 6.07) is 6.44. The molecular formula is C15H21N3O. The van der Waals surface area contributed by atoms with E-state index < -0.39 is 0 Å². The van der Waals surface area contributed by atoms with Crippen LogP contribution in [0.15, 0.2) is 18.2 Å². The number of benzene rings is 1.